The largest absolute Gasteiger partial charge is 0.340 e. The van der Waals surface area contributed by atoms with Crippen LogP contribution in [0.5, 0.6) is 0 Å². The second-order valence-corrected chi connectivity index (χ2v) is 7.92. The summed E-state index contributed by atoms with van der Waals surface area (Å²) < 4.78 is 46.1. The Morgan fingerprint density at radius 1 is 1.26 bits per heavy atom. The summed E-state index contributed by atoms with van der Waals surface area (Å²) in [7, 11) is 0. The number of anilines is 1. The maximum Gasteiger partial charge on any atom is 0.286 e. The number of rotatable bonds is 8. The molecule has 0 bridgehead atoms. The first-order valence-corrected chi connectivity index (χ1v) is 10.5. The minimum absolute atomic E-state index is 0.00534. The highest BCUT2D eigenvalue weighted by Gasteiger charge is 2.27. The highest BCUT2D eigenvalue weighted by atomic mass is 32.2. The van der Waals surface area contributed by atoms with Crippen molar-refractivity contribution in [3.63, 3.8) is 0 Å². The normalized spacial score (nSPS) is 15.9. The molecule has 0 spiro atoms. The van der Waals surface area contributed by atoms with Gasteiger partial charge in [-0.05, 0) is 36.9 Å². The van der Waals surface area contributed by atoms with E-state index in [0.717, 1.165) is 24.1 Å². The molecule has 0 radical (unpaired) electrons. The van der Waals surface area contributed by atoms with E-state index in [1.54, 1.807) is 0 Å². The van der Waals surface area contributed by atoms with Gasteiger partial charge in [0.25, 0.3) is 11.8 Å². The topological polar surface area (TPSA) is 83.4 Å². The van der Waals surface area contributed by atoms with E-state index in [-0.39, 0.29) is 28.6 Å². The Balaban J connectivity index is 1.72. The van der Waals surface area contributed by atoms with Gasteiger partial charge in [0, 0.05) is 43.6 Å². The van der Waals surface area contributed by atoms with Gasteiger partial charge in [0.2, 0.25) is 6.29 Å². The Bertz CT molecular complexity index is 998. The number of carbonyl (C=O) groups excluding carboxylic acids is 3. The van der Waals surface area contributed by atoms with Gasteiger partial charge >= 0.3 is 0 Å². The molecule has 166 valence electrons. The molecule has 1 aliphatic rings. The third kappa shape index (κ3) is 5.28. The number of hydrogen-bond donors (Lipinski definition) is 2. The highest BCUT2D eigenvalue weighted by molar-refractivity contribution is 7.97. The van der Waals surface area contributed by atoms with E-state index in [1.165, 1.54) is 21.7 Å². The van der Waals surface area contributed by atoms with Crippen LogP contribution in [-0.2, 0) is 16.1 Å². The number of carbonyl (C=O) groups is 3. The maximum atomic E-state index is 15.1. The molecule has 1 aromatic heterocycles. The van der Waals surface area contributed by atoms with E-state index in [1.807, 2.05) is 6.92 Å². The summed E-state index contributed by atoms with van der Waals surface area (Å²) in [5, 5.41) is 2.39. The zero-order chi connectivity index (χ0) is 22.5. The minimum atomic E-state index is -1.12. The lowest BCUT2D eigenvalue weighted by Crippen LogP contribution is -2.33. The number of likely N-dealkylation sites (tertiary alicyclic amines) is 1. The molecule has 1 atom stereocenters. The van der Waals surface area contributed by atoms with Crippen LogP contribution in [0.15, 0.2) is 29.3 Å². The quantitative estimate of drug-likeness (QED) is 0.364. The molecule has 31 heavy (non-hydrogen) atoms. The lowest BCUT2D eigenvalue weighted by molar-refractivity contribution is -0.138. The molecule has 0 saturated carbocycles. The first-order chi connectivity index (χ1) is 14.8. The number of benzene rings is 1. The standard InChI is InChI=1S/C20H21F3N4O3S/c1-2-6-27-10-16(31-25-13-5-7-26(9-13)17(29)11-28)18(23)19(27)20(30)24-12-3-4-14(21)15(22)8-12/h3-4,8,10-11,13,25H,2,5-7,9H2,1H3,(H,24,30). The van der Waals surface area contributed by atoms with Crippen molar-refractivity contribution in [2.24, 2.45) is 0 Å². The first kappa shape index (κ1) is 22.9. The second kappa shape index (κ2) is 10.0. The molecule has 7 nitrogen and oxygen atoms in total. The number of aromatic nitrogens is 1. The molecular weight excluding hydrogens is 433 g/mol. The average molecular weight is 454 g/mol. The van der Waals surface area contributed by atoms with Gasteiger partial charge in [0.15, 0.2) is 17.5 Å². The van der Waals surface area contributed by atoms with Crippen molar-refractivity contribution in [3.05, 3.63) is 47.5 Å². The highest BCUT2D eigenvalue weighted by Crippen LogP contribution is 2.27. The van der Waals surface area contributed by atoms with Gasteiger partial charge in [-0.25, -0.2) is 13.2 Å². The molecule has 1 aliphatic heterocycles. The van der Waals surface area contributed by atoms with Crippen molar-refractivity contribution >= 4 is 35.7 Å². The Labute approximate surface area is 181 Å². The molecule has 2 amide bonds. The molecule has 1 aromatic carbocycles. The zero-order valence-electron chi connectivity index (χ0n) is 16.7. The number of hydrogen-bond acceptors (Lipinski definition) is 5. The monoisotopic (exact) mass is 454 g/mol. The summed E-state index contributed by atoms with van der Waals surface area (Å²) >= 11 is 0.993. The molecule has 2 heterocycles. The van der Waals surface area contributed by atoms with Gasteiger partial charge in [-0.15, -0.1) is 0 Å². The predicted molar refractivity (Wildman–Crippen MR) is 109 cm³/mol. The van der Waals surface area contributed by atoms with Gasteiger partial charge < -0.3 is 14.8 Å². The van der Waals surface area contributed by atoms with Crippen LogP contribution < -0.4 is 10.0 Å². The van der Waals surface area contributed by atoms with E-state index in [0.29, 0.717) is 32.5 Å². The summed E-state index contributed by atoms with van der Waals surface area (Å²) in [5.74, 6) is -4.30. The maximum absolute atomic E-state index is 15.1. The molecule has 11 heteroatoms. The Morgan fingerprint density at radius 2 is 2.03 bits per heavy atom. The number of aldehydes is 1. The lowest BCUT2D eigenvalue weighted by atomic mass is 10.3. The fourth-order valence-corrected chi connectivity index (χ4v) is 4.12. The van der Waals surface area contributed by atoms with Crippen LogP contribution in [0.3, 0.4) is 0 Å². The molecule has 0 aliphatic carbocycles. The van der Waals surface area contributed by atoms with Crippen molar-refractivity contribution in [3.8, 4) is 0 Å². The van der Waals surface area contributed by atoms with Crippen molar-refractivity contribution in [1.82, 2.24) is 14.2 Å². The summed E-state index contributed by atoms with van der Waals surface area (Å²) in [5.41, 5.74) is -0.217. The third-order valence-electron chi connectivity index (χ3n) is 4.78. The number of halogens is 3. The second-order valence-electron chi connectivity index (χ2n) is 7.04. The fraction of sp³-hybridized carbons (Fsp3) is 0.350. The van der Waals surface area contributed by atoms with Crippen molar-refractivity contribution in [1.29, 1.82) is 0 Å². The summed E-state index contributed by atoms with van der Waals surface area (Å²) in [4.78, 5) is 36.3. The number of amides is 2. The van der Waals surface area contributed by atoms with Gasteiger partial charge in [-0.2, -0.15) is 0 Å². The van der Waals surface area contributed by atoms with Gasteiger partial charge in [-0.3, -0.25) is 19.1 Å². The van der Waals surface area contributed by atoms with E-state index in [2.05, 4.69) is 10.0 Å². The molecule has 1 saturated heterocycles. The van der Waals surface area contributed by atoms with Crippen LogP contribution in [-0.4, -0.2) is 46.7 Å². The van der Waals surface area contributed by atoms with Gasteiger partial charge in [0.05, 0.1) is 4.90 Å². The molecule has 2 aromatic rings. The van der Waals surface area contributed by atoms with E-state index >= 15 is 4.39 Å². The Morgan fingerprint density at radius 3 is 2.71 bits per heavy atom. The number of nitrogens with one attached hydrogen (secondary N) is 2. The average Bonchev–Trinajstić information content (AvgIpc) is 3.33. The lowest BCUT2D eigenvalue weighted by Gasteiger charge is -2.13. The third-order valence-corrected chi connectivity index (χ3v) is 5.73. The molecule has 3 rings (SSSR count). The van der Waals surface area contributed by atoms with E-state index in [4.69, 9.17) is 0 Å². The van der Waals surface area contributed by atoms with Gasteiger partial charge in [-0.1, -0.05) is 6.92 Å². The summed E-state index contributed by atoms with van der Waals surface area (Å²) in [6.07, 6.45) is 3.01. The SMILES string of the molecule is CCCn1cc(SNC2CCN(C(=O)C=O)C2)c(F)c1C(=O)Nc1ccc(F)c(F)c1. The van der Waals surface area contributed by atoms with Crippen LogP contribution in [0.1, 0.15) is 30.3 Å². The smallest absolute Gasteiger partial charge is 0.286 e. The van der Waals surface area contributed by atoms with E-state index < -0.39 is 29.3 Å². The minimum Gasteiger partial charge on any atom is -0.340 e. The first-order valence-electron chi connectivity index (χ1n) is 9.65. The molecular formula is C20H21F3N4O3S. The molecule has 1 fully saturated rings. The fourth-order valence-electron chi connectivity index (χ4n) is 3.27. The number of nitrogens with zero attached hydrogens (tertiary/aromatic N) is 2. The van der Waals surface area contributed by atoms with Crippen LogP contribution in [0.25, 0.3) is 0 Å². The predicted octanol–water partition coefficient (Wildman–Crippen LogP) is 2.96. The van der Waals surface area contributed by atoms with Crippen LogP contribution in [0, 0.1) is 17.5 Å². The van der Waals surface area contributed by atoms with Crippen LogP contribution >= 0.6 is 11.9 Å². The van der Waals surface area contributed by atoms with Crippen molar-refractivity contribution < 1.29 is 27.6 Å². The summed E-state index contributed by atoms with van der Waals surface area (Å²) in [6, 6.07) is 2.74. The molecule has 2 N–H and O–H groups in total. The summed E-state index contributed by atoms with van der Waals surface area (Å²) in [6.45, 7) is 3.00. The van der Waals surface area contributed by atoms with Crippen molar-refractivity contribution in [2.45, 2.75) is 37.2 Å². The van der Waals surface area contributed by atoms with Crippen LogP contribution in [0.2, 0.25) is 0 Å². The Hall–Kier alpha value is -2.79. The Kier molecular flexibility index (Phi) is 7.39. The number of aryl methyl sites for hydroxylation is 1. The zero-order valence-corrected chi connectivity index (χ0v) is 17.5. The van der Waals surface area contributed by atoms with Crippen molar-refractivity contribution in [2.75, 3.05) is 18.4 Å². The van der Waals surface area contributed by atoms with Gasteiger partial charge in [0.1, 0.15) is 5.69 Å². The molecule has 1 unspecified atom stereocenters. The van der Waals surface area contributed by atoms with Crippen LogP contribution in [0.4, 0.5) is 18.9 Å². The van der Waals surface area contributed by atoms with E-state index in [9.17, 15) is 23.2 Å².